The van der Waals surface area contributed by atoms with Gasteiger partial charge in [-0.1, -0.05) is 28.1 Å². The molecule has 0 saturated carbocycles. The van der Waals surface area contributed by atoms with Gasteiger partial charge in [0.25, 0.3) is 0 Å². The van der Waals surface area contributed by atoms with Gasteiger partial charge in [-0.15, -0.1) is 0 Å². The lowest BCUT2D eigenvalue weighted by Crippen LogP contribution is -2.40. The number of amides is 1. The smallest absolute Gasteiger partial charge is 0.305 e. The van der Waals surface area contributed by atoms with Crippen LogP contribution in [0.15, 0.2) is 28.7 Å². The number of carbonyl (C=O) groups is 2. The standard InChI is InChI=1S/C15H20BrNO3/c1-10(2)17(9-8-14(18)19)15(20)11(3)12-4-6-13(16)7-5-12/h4-7,10-11H,8-9H2,1-3H3,(H,18,19). The number of aliphatic carboxylic acids is 1. The molecule has 0 radical (unpaired) electrons. The Morgan fingerprint density at radius 1 is 1.20 bits per heavy atom. The molecule has 0 aliphatic carbocycles. The highest BCUT2D eigenvalue weighted by Gasteiger charge is 2.24. The van der Waals surface area contributed by atoms with E-state index in [1.807, 2.05) is 45.0 Å². The van der Waals surface area contributed by atoms with E-state index in [9.17, 15) is 9.59 Å². The van der Waals surface area contributed by atoms with Gasteiger partial charge in [-0.05, 0) is 38.5 Å². The van der Waals surface area contributed by atoms with Crippen LogP contribution in [0.2, 0.25) is 0 Å². The zero-order chi connectivity index (χ0) is 15.3. The van der Waals surface area contributed by atoms with E-state index in [4.69, 9.17) is 5.11 Å². The number of carboxylic acid groups (broad SMARTS) is 1. The van der Waals surface area contributed by atoms with Crippen molar-refractivity contribution in [2.45, 2.75) is 39.2 Å². The van der Waals surface area contributed by atoms with Crippen LogP contribution in [0, 0.1) is 0 Å². The average Bonchev–Trinajstić information content (AvgIpc) is 2.38. The Morgan fingerprint density at radius 2 is 1.75 bits per heavy atom. The van der Waals surface area contributed by atoms with E-state index in [0.717, 1.165) is 10.0 Å². The Morgan fingerprint density at radius 3 is 2.20 bits per heavy atom. The maximum atomic E-state index is 12.5. The number of carboxylic acids is 1. The van der Waals surface area contributed by atoms with Gasteiger partial charge in [-0.2, -0.15) is 0 Å². The molecule has 0 heterocycles. The monoisotopic (exact) mass is 341 g/mol. The van der Waals surface area contributed by atoms with Gasteiger partial charge in [0.15, 0.2) is 0 Å². The van der Waals surface area contributed by atoms with Crippen molar-refractivity contribution in [3.05, 3.63) is 34.3 Å². The second-order valence-electron chi connectivity index (χ2n) is 5.04. The third kappa shape index (κ3) is 4.63. The highest BCUT2D eigenvalue weighted by molar-refractivity contribution is 9.10. The van der Waals surface area contributed by atoms with Crippen LogP contribution in [0.25, 0.3) is 0 Å². The maximum absolute atomic E-state index is 12.5. The number of benzene rings is 1. The summed E-state index contributed by atoms with van der Waals surface area (Å²) in [6.45, 7) is 5.89. The molecule has 1 N–H and O–H groups in total. The first-order valence-corrected chi connectivity index (χ1v) is 7.40. The van der Waals surface area contributed by atoms with Crippen LogP contribution < -0.4 is 0 Å². The minimum Gasteiger partial charge on any atom is -0.481 e. The van der Waals surface area contributed by atoms with Gasteiger partial charge >= 0.3 is 5.97 Å². The molecule has 0 aliphatic rings. The van der Waals surface area contributed by atoms with Crippen molar-refractivity contribution in [2.75, 3.05) is 6.54 Å². The Kier molecular flexibility index (Phi) is 6.20. The second-order valence-corrected chi connectivity index (χ2v) is 5.96. The minimum atomic E-state index is -0.889. The van der Waals surface area contributed by atoms with Gasteiger partial charge in [0.05, 0.1) is 12.3 Å². The summed E-state index contributed by atoms with van der Waals surface area (Å²) in [7, 11) is 0. The van der Waals surface area contributed by atoms with Gasteiger partial charge in [-0.25, -0.2) is 0 Å². The lowest BCUT2D eigenvalue weighted by Gasteiger charge is -2.29. The van der Waals surface area contributed by atoms with Crippen molar-refractivity contribution in [1.29, 1.82) is 0 Å². The molecule has 0 aliphatic heterocycles. The molecule has 0 fully saturated rings. The first-order chi connectivity index (χ1) is 9.32. The number of hydrogen-bond acceptors (Lipinski definition) is 2. The van der Waals surface area contributed by atoms with Crippen molar-refractivity contribution in [3.63, 3.8) is 0 Å². The van der Waals surface area contributed by atoms with Crippen LogP contribution in [0.4, 0.5) is 0 Å². The molecule has 1 aromatic carbocycles. The molecule has 5 heteroatoms. The predicted octanol–water partition coefficient (Wildman–Crippen LogP) is 3.26. The molecule has 0 bridgehead atoms. The fraction of sp³-hybridized carbons (Fsp3) is 0.467. The zero-order valence-corrected chi connectivity index (χ0v) is 13.6. The molecule has 1 aromatic rings. The third-order valence-electron chi connectivity index (χ3n) is 3.21. The molecule has 1 rings (SSSR count). The normalized spacial score (nSPS) is 12.2. The van der Waals surface area contributed by atoms with Crippen molar-refractivity contribution < 1.29 is 14.7 Å². The number of halogens is 1. The summed E-state index contributed by atoms with van der Waals surface area (Å²) in [4.78, 5) is 24.8. The fourth-order valence-corrected chi connectivity index (χ4v) is 2.25. The van der Waals surface area contributed by atoms with E-state index in [1.54, 1.807) is 4.90 Å². The Balaban J connectivity index is 2.82. The fourth-order valence-electron chi connectivity index (χ4n) is 1.98. The van der Waals surface area contributed by atoms with Crippen molar-refractivity contribution in [3.8, 4) is 0 Å². The lowest BCUT2D eigenvalue weighted by atomic mass is 9.99. The third-order valence-corrected chi connectivity index (χ3v) is 3.74. The van der Waals surface area contributed by atoms with Crippen molar-refractivity contribution in [2.24, 2.45) is 0 Å². The Hall–Kier alpha value is -1.36. The summed E-state index contributed by atoms with van der Waals surface area (Å²) in [5.41, 5.74) is 0.930. The minimum absolute atomic E-state index is 0.0141. The van der Waals surface area contributed by atoms with Gasteiger partial charge in [-0.3, -0.25) is 9.59 Å². The number of nitrogens with zero attached hydrogens (tertiary/aromatic N) is 1. The molecular formula is C15H20BrNO3. The van der Waals surface area contributed by atoms with Crippen LogP contribution in [-0.2, 0) is 9.59 Å². The Labute approximate surface area is 127 Å². The molecule has 1 unspecified atom stereocenters. The van der Waals surface area contributed by atoms with Crippen molar-refractivity contribution >= 4 is 27.8 Å². The topological polar surface area (TPSA) is 57.6 Å². The van der Waals surface area contributed by atoms with E-state index in [-0.39, 0.29) is 30.8 Å². The molecule has 4 nitrogen and oxygen atoms in total. The lowest BCUT2D eigenvalue weighted by molar-refractivity contribution is -0.139. The van der Waals surface area contributed by atoms with Gasteiger partial charge in [0.1, 0.15) is 0 Å². The molecule has 0 aromatic heterocycles. The molecule has 1 amide bonds. The Bertz CT molecular complexity index is 471. The molecule has 20 heavy (non-hydrogen) atoms. The average molecular weight is 342 g/mol. The number of rotatable bonds is 6. The highest BCUT2D eigenvalue weighted by Crippen LogP contribution is 2.21. The van der Waals surface area contributed by atoms with Gasteiger partial charge < -0.3 is 10.0 Å². The summed E-state index contributed by atoms with van der Waals surface area (Å²) in [5.74, 6) is -1.21. The number of carbonyl (C=O) groups excluding carboxylic acids is 1. The molecule has 110 valence electrons. The quantitative estimate of drug-likeness (QED) is 0.863. The number of hydrogen-bond donors (Lipinski definition) is 1. The first kappa shape index (κ1) is 16.7. The van der Waals surface area contributed by atoms with Crippen LogP contribution in [-0.4, -0.2) is 34.5 Å². The van der Waals surface area contributed by atoms with Crippen LogP contribution in [0.1, 0.15) is 38.7 Å². The van der Waals surface area contributed by atoms with Crippen LogP contribution >= 0.6 is 15.9 Å². The zero-order valence-electron chi connectivity index (χ0n) is 12.0. The summed E-state index contributed by atoms with van der Waals surface area (Å²) in [5, 5.41) is 8.77. The van der Waals surface area contributed by atoms with Crippen molar-refractivity contribution in [1.82, 2.24) is 4.90 Å². The highest BCUT2D eigenvalue weighted by atomic mass is 79.9. The van der Waals surface area contributed by atoms with E-state index in [2.05, 4.69) is 15.9 Å². The van der Waals surface area contributed by atoms with E-state index < -0.39 is 5.97 Å². The largest absolute Gasteiger partial charge is 0.481 e. The van der Waals surface area contributed by atoms with Crippen LogP contribution in [0.3, 0.4) is 0 Å². The first-order valence-electron chi connectivity index (χ1n) is 6.60. The van der Waals surface area contributed by atoms with E-state index in [1.165, 1.54) is 0 Å². The van der Waals surface area contributed by atoms with Crippen LogP contribution in [0.5, 0.6) is 0 Å². The molecular weight excluding hydrogens is 322 g/mol. The molecule has 1 atom stereocenters. The summed E-state index contributed by atoms with van der Waals surface area (Å²) < 4.78 is 0.965. The predicted molar refractivity (Wildman–Crippen MR) is 81.7 cm³/mol. The molecule has 0 saturated heterocycles. The SMILES string of the molecule is CC(C(=O)N(CCC(=O)O)C(C)C)c1ccc(Br)cc1. The second kappa shape index (κ2) is 7.43. The van der Waals surface area contributed by atoms with Gasteiger partial charge in [0, 0.05) is 17.1 Å². The van der Waals surface area contributed by atoms with E-state index >= 15 is 0 Å². The summed E-state index contributed by atoms with van der Waals surface area (Å²) >= 11 is 3.36. The summed E-state index contributed by atoms with van der Waals surface area (Å²) in [6.07, 6.45) is -0.0308. The summed E-state index contributed by atoms with van der Waals surface area (Å²) in [6, 6.07) is 7.59. The van der Waals surface area contributed by atoms with E-state index in [0.29, 0.717) is 0 Å². The molecule has 0 spiro atoms. The van der Waals surface area contributed by atoms with Gasteiger partial charge in [0.2, 0.25) is 5.91 Å². The maximum Gasteiger partial charge on any atom is 0.305 e.